The molecular weight excluding hydrogens is 332 g/mol. The molecule has 0 aliphatic rings. The minimum Gasteiger partial charge on any atom is -0.352 e. The Morgan fingerprint density at radius 1 is 1.15 bits per heavy atom. The van der Waals surface area contributed by atoms with Crippen LogP contribution < -0.4 is 16.6 Å². The van der Waals surface area contributed by atoms with Gasteiger partial charge in [0.05, 0.1) is 22.5 Å². The van der Waals surface area contributed by atoms with Crippen LogP contribution in [0.2, 0.25) is 0 Å². The van der Waals surface area contributed by atoms with Gasteiger partial charge in [-0.05, 0) is 29.8 Å². The number of H-pyrrole nitrogens is 1. The zero-order valence-corrected chi connectivity index (χ0v) is 13.9. The molecule has 0 radical (unpaired) electrons. The van der Waals surface area contributed by atoms with Gasteiger partial charge in [-0.1, -0.05) is 24.3 Å². The van der Waals surface area contributed by atoms with Gasteiger partial charge in [0, 0.05) is 19.5 Å². The van der Waals surface area contributed by atoms with E-state index in [-0.39, 0.29) is 18.9 Å². The number of nitrogens with one attached hydrogen (secondary N) is 2. The lowest BCUT2D eigenvalue weighted by atomic mass is 10.1. The minimum atomic E-state index is -0.539. The Hall–Kier alpha value is -3.66. The van der Waals surface area contributed by atoms with E-state index in [4.69, 9.17) is 5.26 Å². The van der Waals surface area contributed by atoms with Crippen molar-refractivity contribution in [3.63, 3.8) is 0 Å². The molecule has 0 aliphatic heterocycles. The van der Waals surface area contributed by atoms with Gasteiger partial charge in [-0.3, -0.25) is 19.1 Å². The predicted molar refractivity (Wildman–Crippen MR) is 96.4 cm³/mol. The molecule has 1 heterocycles. The van der Waals surface area contributed by atoms with Crippen molar-refractivity contribution in [2.24, 2.45) is 0 Å². The molecule has 1 amide bonds. The Balaban J connectivity index is 1.68. The third-order valence-corrected chi connectivity index (χ3v) is 4.01. The van der Waals surface area contributed by atoms with Crippen molar-refractivity contribution in [2.45, 2.75) is 19.5 Å². The Morgan fingerprint density at radius 2 is 1.96 bits per heavy atom. The first-order chi connectivity index (χ1) is 12.6. The maximum atomic E-state index is 12.1. The molecule has 0 aliphatic carbocycles. The summed E-state index contributed by atoms with van der Waals surface area (Å²) < 4.78 is 1.38. The summed E-state index contributed by atoms with van der Waals surface area (Å²) in [4.78, 5) is 38.3. The average Bonchev–Trinajstić information content (AvgIpc) is 2.66. The molecule has 130 valence electrons. The number of carbonyl (C=O) groups excluding carboxylic acids is 1. The van der Waals surface area contributed by atoms with Gasteiger partial charge >= 0.3 is 5.69 Å². The molecule has 7 heteroatoms. The van der Waals surface area contributed by atoms with Crippen LogP contribution in [0.3, 0.4) is 0 Å². The van der Waals surface area contributed by atoms with Gasteiger partial charge in [0.2, 0.25) is 5.91 Å². The molecule has 3 rings (SSSR count). The number of benzene rings is 2. The predicted octanol–water partition coefficient (Wildman–Crippen LogP) is 1.27. The van der Waals surface area contributed by atoms with Crippen LogP contribution in [-0.2, 0) is 17.9 Å². The Bertz CT molecular complexity index is 1120. The summed E-state index contributed by atoms with van der Waals surface area (Å²) in [5.41, 5.74) is 0.870. The number of fused-ring (bicyclic) bond motifs is 1. The number of para-hydroxylation sites is 1. The monoisotopic (exact) mass is 348 g/mol. The number of aromatic amines is 1. The average molecular weight is 348 g/mol. The molecule has 0 atom stereocenters. The van der Waals surface area contributed by atoms with Crippen molar-refractivity contribution in [3.8, 4) is 6.07 Å². The third kappa shape index (κ3) is 3.70. The summed E-state index contributed by atoms with van der Waals surface area (Å²) in [5.74, 6) is -0.227. The highest BCUT2D eigenvalue weighted by atomic mass is 16.2. The standard InChI is InChI=1S/C19H16N4O3/c20-11-13-4-3-5-14(10-13)12-21-17(24)8-9-23-16-7-2-1-6-15(16)18(25)22-19(23)26/h1-7,10H,8-9,12H2,(H,21,24)(H,22,25,26). The zero-order chi connectivity index (χ0) is 18.5. The molecule has 2 aromatic carbocycles. The van der Waals surface area contributed by atoms with E-state index in [0.717, 1.165) is 5.56 Å². The second-order valence-electron chi connectivity index (χ2n) is 5.77. The quantitative estimate of drug-likeness (QED) is 0.724. The normalized spacial score (nSPS) is 10.4. The SMILES string of the molecule is N#Cc1cccc(CNC(=O)CCn2c(=O)[nH]c(=O)c3ccccc32)c1. The minimum absolute atomic E-state index is 0.0912. The van der Waals surface area contributed by atoms with Gasteiger partial charge in [0.15, 0.2) is 0 Å². The van der Waals surface area contributed by atoms with E-state index < -0.39 is 11.2 Å². The lowest BCUT2D eigenvalue weighted by Gasteiger charge is -2.10. The van der Waals surface area contributed by atoms with E-state index in [2.05, 4.69) is 10.3 Å². The fourth-order valence-electron chi connectivity index (χ4n) is 2.72. The molecular formula is C19H16N4O3. The maximum Gasteiger partial charge on any atom is 0.328 e. The topological polar surface area (TPSA) is 108 Å². The van der Waals surface area contributed by atoms with Gasteiger partial charge in [0.1, 0.15) is 0 Å². The summed E-state index contributed by atoms with van der Waals surface area (Å²) in [7, 11) is 0. The molecule has 2 N–H and O–H groups in total. The number of amides is 1. The van der Waals surface area contributed by atoms with Crippen LogP contribution in [0.15, 0.2) is 58.1 Å². The highest BCUT2D eigenvalue weighted by Gasteiger charge is 2.09. The van der Waals surface area contributed by atoms with Gasteiger partial charge in [-0.15, -0.1) is 0 Å². The van der Waals surface area contributed by atoms with Crippen molar-refractivity contribution in [2.75, 3.05) is 0 Å². The second kappa shape index (κ2) is 7.49. The summed E-state index contributed by atoms with van der Waals surface area (Å²) in [5, 5.41) is 12.1. The molecule has 1 aromatic heterocycles. The van der Waals surface area contributed by atoms with Crippen LogP contribution in [0, 0.1) is 11.3 Å². The van der Waals surface area contributed by atoms with Gasteiger partial charge in [-0.2, -0.15) is 5.26 Å². The molecule has 0 saturated carbocycles. The van der Waals surface area contributed by atoms with E-state index in [1.165, 1.54) is 4.57 Å². The Kier molecular flexibility index (Phi) is 4.94. The number of hydrogen-bond donors (Lipinski definition) is 2. The number of nitrogens with zero attached hydrogens (tertiary/aromatic N) is 2. The zero-order valence-electron chi connectivity index (χ0n) is 13.9. The van der Waals surface area contributed by atoms with Crippen LogP contribution in [0.4, 0.5) is 0 Å². The van der Waals surface area contributed by atoms with Gasteiger partial charge < -0.3 is 5.32 Å². The highest BCUT2D eigenvalue weighted by molar-refractivity contribution is 5.78. The Labute approximate surface area is 148 Å². The summed E-state index contributed by atoms with van der Waals surface area (Å²) >= 11 is 0. The molecule has 3 aromatic rings. The van der Waals surface area contributed by atoms with Crippen LogP contribution in [-0.4, -0.2) is 15.5 Å². The molecule has 0 saturated heterocycles. The van der Waals surface area contributed by atoms with Crippen molar-refractivity contribution in [1.82, 2.24) is 14.9 Å². The molecule has 0 bridgehead atoms. The van der Waals surface area contributed by atoms with E-state index in [0.29, 0.717) is 23.0 Å². The summed E-state index contributed by atoms with van der Waals surface area (Å²) in [6, 6.07) is 15.8. The van der Waals surface area contributed by atoms with Crippen molar-refractivity contribution in [1.29, 1.82) is 5.26 Å². The van der Waals surface area contributed by atoms with E-state index >= 15 is 0 Å². The number of aryl methyl sites for hydroxylation is 1. The third-order valence-electron chi connectivity index (χ3n) is 4.01. The van der Waals surface area contributed by atoms with Crippen molar-refractivity contribution >= 4 is 16.8 Å². The second-order valence-corrected chi connectivity index (χ2v) is 5.77. The fraction of sp³-hybridized carbons (Fsp3) is 0.158. The van der Waals surface area contributed by atoms with Crippen LogP contribution in [0.5, 0.6) is 0 Å². The molecule has 26 heavy (non-hydrogen) atoms. The van der Waals surface area contributed by atoms with Gasteiger partial charge in [-0.25, -0.2) is 4.79 Å². The van der Waals surface area contributed by atoms with Crippen LogP contribution in [0.25, 0.3) is 10.9 Å². The first-order valence-electron chi connectivity index (χ1n) is 8.06. The van der Waals surface area contributed by atoms with Gasteiger partial charge in [0.25, 0.3) is 5.56 Å². The van der Waals surface area contributed by atoms with Crippen molar-refractivity contribution < 1.29 is 4.79 Å². The number of hydrogen-bond acceptors (Lipinski definition) is 4. The van der Waals surface area contributed by atoms with Crippen molar-refractivity contribution in [3.05, 3.63) is 80.5 Å². The number of aromatic nitrogens is 2. The molecule has 7 nitrogen and oxygen atoms in total. The first kappa shape index (κ1) is 17.2. The highest BCUT2D eigenvalue weighted by Crippen LogP contribution is 2.07. The van der Waals surface area contributed by atoms with Crippen LogP contribution in [0.1, 0.15) is 17.5 Å². The van der Waals surface area contributed by atoms with E-state index in [1.807, 2.05) is 12.1 Å². The largest absolute Gasteiger partial charge is 0.352 e. The molecule has 0 unspecified atom stereocenters. The summed E-state index contributed by atoms with van der Waals surface area (Å²) in [6.45, 7) is 0.454. The molecule has 0 fully saturated rings. The van der Waals surface area contributed by atoms with E-state index in [1.54, 1.807) is 42.5 Å². The lowest BCUT2D eigenvalue weighted by Crippen LogP contribution is -2.32. The van der Waals surface area contributed by atoms with E-state index in [9.17, 15) is 14.4 Å². The fourth-order valence-corrected chi connectivity index (χ4v) is 2.72. The summed E-state index contributed by atoms with van der Waals surface area (Å²) in [6.07, 6.45) is 0.0912. The number of carbonyl (C=O) groups is 1. The smallest absolute Gasteiger partial charge is 0.328 e. The lowest BCUT2D eigenvalue weighted by molar-refractivity contribution is -0.121. The molecule has 0 spiro atoms. The first-order valence-corrected chi connectivity index (χ1v) is 8.06. The number of nitriles is 1. The number of rotatable bonds is 5. The Morgan fingerprint density at radius 3 is 2.77 bits per heavy atom. The van der Waals surface area contributed by atoms with Crippen LogP contribution >= 0.6 is 0 Å². The maximum absolute atomic E-state index is 12.1.